The van der Waals surface area contributed by atoms with Gasteiger partial charge in [0.15, 0.2) is 6.61 Å². The monoisotopic (exact) mass is 429 g/mol. The van der Waals surface area contributed by atoms with E-state index in [0.29, 0.717) is 30.2 Å². The summed E-state index contributed by atoms with van der Waals surface area (Å²) in [6.45, 7) is 1.19. The molecule has 2 amide bonds. The second-order valence-electron chi connectivity index (χ2n) is 7.24. The van der Waals surface area contributed by atoms with Crippen LogP contribution < -0.4 is 15.0 Å². The molecule has 8 nitrogen and oxygen atoms in total. The maximum Gasteiger partial charge on any atom is 0.265 e. The lowest BCUT2D eigenvalue weighted by Crippen LogP contribution is -2.40. The number of anilines is 2. The summed E-state index contributed by atoms with van der Waals surface area (Å²) in [5.41, 5.74) is 1.05. The number of rotatable bonds is 6. The van der Waals surface area contributed by atoms with Gasteiger partial charge in [-0.25, -0.2) is 8.42 Å². The van der Waals surface area contributed by atoms with Crippen LogP contribution in [0, 0.1) is 0 Å². The van der Waals surface area contributed by atoms with Crippen LogP contribution in [-0.4, -0.2) is 50.8 Å². The molecule has 0 spiro atoms. The summed E-state index contributed by atoms with van der Waals surface area (Å²) < 4.78 is 32.3. The van der Waals surface area contributed by atoms with Crippen LogP contribution in [0.2, 0.25) is 0 Å². The first-order valence-electron chi connectivity index (χ1n) is 9.87. The van der Waals surface area contributed by atoms with Crippen molar-refractivity contribution in [2.24, 2.45) is 0 Å². The standard InChI is InChI=1S/C21H23N3O5S/c25-20(10-13-24-18-8-1-2-9-19(18)29-15-21(24)26)22-16-6-5-7-17(14-16)30(27,28)23-11-3-4-12-23/h1-2,5-9,14H,3-4,10-13,15H2,(H,22,25). The second-order valence-corrected chi connectivity index (χ2v) is 9.18. The number of nitrogens with one attached hydrogen (secondary N) is 1. The van der Waals surface area contributed by atoms with Gasteiger partial charge in [0.25, 0.3) is 5.91 Å². The molecule has 30 heavy (non-hydrogen) atoms. The number of sulfonamides is 1. The Bertz CT molecular complexity index is 1060. The second kappa shape index (κ2) is 8.45. The van der Waals surface area contributed by atoms with Gasteiger partial charge in [-0.1, -0.05) is 18.2 Å². The van der Waals surface area contributed by atoms with Crippen LogP contribution in [0.1, 0.15) is 19.3 Å². The summed E-state index contributed by atoms with van der Waals surface area (Å²) in [5.74, 6) is 0.0972. The fourth-order valence-corrected chi connectivity index (χ4v) is 5.21. The van der Waals surface area contributed by atoms with Crippen LogP contribution in [0.5, 0.6) is 5.75 Å². The van der Waals surface area contributed by atoms with Gasteiger partial charge in [0.2, 0.25) is 15.9 Å². The Balaban J connectivity index is 1.41. The third-order valence-electron chi connectivity index (χ3n) is 5.19. The maximum absolute atomic E-state index is 12.7. The third-order valence-corrected chi connectivity index (χ3v) is 7.09. The Morgan fingerprint density at radius 1 is 1.07 bits per heavy atom. The van der Waals surface area contributed by atoms with Gasteiger partial charge in [0, 0.05) is 31.7 Å². The minimum Gasteiger partial charge on any atom is -0.482 e. The van der Waals surface area contributed by atoms with Crippen molar-refractivity contribution < 1.29 is 22.7 Å². The van der Waals surface area contributed by atoms with E-state index in [0.717, 1.165) is 12.8 Å². The van der Waals surface area contributed by atoms with Crippen LogP contribution >= 0.6 is 0 Å². The quantitative estimate of drug-likeness (QED) is 0.760. The SMILES string of the molecule is O=C(CCN1C(=O)COc2ccccc21)Nc1cccc(S(=O)(=O)N2CCCC2)c1. The molecular formula is C21H23N3O5S. The molecule has 0 bridgehead atoms. The highest BCUT2D eigenvalue weighted by Crippen LogP contribution is 2.31. The van der Waals surface area contributed by atoms with E-state index in [4.69, 9.17) is 4.74 Å². The van der Waals surface area contributed by atoms with Gasteiger partial charge in [0.1, 0.15) is 5.75 Å². The first kappa shape index (κ1) is 20.4. The van der Waals surface area contributed by atoms with Crippen molar-refractivity contribution in [3.63, 3.8) is 0 Å². The van der Waals surface area contributed by atoms with Crippen molar-refractivity contribution in [3.05, 3.63) is 48.5 Å². The number of nitrogens with zero attached hydrogens (tertiary/aromatic N) is 2. The Morgan fingerprint density at radius 3 is 2.63 bits per heavy atom. The Hall–Kier alpha value is -2.91. The molecule has 2 aliphatic rings. The van der Waals surface area contributed by atoms with Crippen molar-refractivity contribution >= 4 is 33.2 Å². The molecule has 0 saturated carbocycles. The topological polar surface area (TPSA) is 96.0 Å². The van der Waals surface area contributed by atoms with E-state index in [1.807, 2.05) is 6.07 Å². The lowest BCUT2D eigenvalue weighted by Gasteiger charge is -2.29. The number of benzene rings is 2. The largest absolute Gasteiger partial charge is 0.482 e. The van der Waals surface area contributed by atoms with E-state index in [2.05, 4.69) is 5.32 Å². The zero-order valence-electron chi connectivity index (χ0n) is 16.4. The zero-order valence-corrected chi connectivity index (χ0v) is 17.2. The average molecular weight is 429 g/mol. The van der Waals surface area contributed by atoms with E-state index in [9.17, 15) is 18.0 Å². The highest BCUT2D eigenvalue weighted by atomic mass is 32.2. The number of fused-ring (bicyclic) bond motifs is 1. The molecule has 1 saturated heterocycles. The van der Waals surface area contributed by atoms with Crippen LogP contribution in [0.15, 0.2) is 53.4 Å². The molecule has 2 heterocycles. The molecule has 1 fully saturated rings. The Morgan fingerprint density at radius 2 is 1.83 bits per heavy atom. The predicted molar refractivity (Wildman–Crippen MR) is 112 cm³/mol. The number of carbonyl (C=O) groups excluding carboxylic acids is 2. The third kappa shape index (κ3) is 4.17. The average Bonchev–Trinajstić information content (AvgIpc) is 3.29. The fourth-order valence-electron chi connectivity index (χ4n) is 3.65. The van der Waals surface area contributed by atoms with Crippen molar-refractivity contribution in [2.45, 2.75) is 24.2 Å². The van der Waals surface area contributed by atoms with Gasteiger partial charge in [0.05, 0.1) is 10.6 Å². The molecule has 0 aromatic heterocycles. The van der Waals surface area contributed by atoms with E-state index >= 15 is 0 Å². The van der Waals surface area contributed by atoms with Crippen molar-refractivity contribution in [2.75, 3.05) is 36.5 Å². The number of carbonyl (C=O) groups is 2. The highest BCUT2D eigenvalue weighted by Gasteiger charge is 2.28. The van der Waals surface area contributed by atoms with Gasteiger partial charge in [-0.05, 0) is 43.2 Å². The van der Waals surface area contributed by atoms with Gasteiger partial charge in [-0.3, -0.25) is 9.59 Å². The normalized spacial score (nSPS) is 16.8. The van der Waals surface area contributed by atoms with Gasteiger partial charge in [-0.2, -0.15) is 4.31 Å². The number of para-hydroxylation sites is 2. The Kier molecular flexibility index (Phi) is 5.74. The van der Waals surface area contributed by atoms with E-state index in [1.54, 1.807) is 30.3 Å². The fraction of sp³-hybridized carbons (Fsp3) is 0.333. The minimum atomic E-state index is -3.55. The van der Waals surface area contributed by atoms with Gasteiger partial charge >= 0.3 is 0 Å². The van der Waals surface area contributed by atoms with Crippen LogP contribution in [0.25, 0.3) is 0 Å². The molecule has 0 unspecified atom stereocenters. The molecule has 0 radical (unpaired) electrons. The van der Waals surface area contributed by atoms with Gasteiger partial charge < -0.3 is 15.0 Å². The van der Waals surface area contributed by atoms with Gasteiger partial charge in [-0.15, -0.1) is 0 Å². The highest BCUT2D eigenvalue weighted by molar-refractivity contribution is 7.89. The molecule has 0 atom stereocenters. The van der Waals surface area contributed by atoms with E-state index < -0.39 is 10.0 Å². The van der Waals surface area contributed by atoms with Crippen molar-refractivity contribution in [3.8, 4) is 5.75 Å². The van der Waals surface area contributed by atoms with Crippen LogP contribution in [0.4, 0.5) is 11.4 Å². The number of ether oxygens (including phenoxy) is 1. The lowest BCUT2D eigenvalue weighted by molar-refractivity contribution is -0.121. The van der Waals surface area contributed by atoms with Crippen molar-refractivity contribution in [1.82, 2.24) is 4.31 Å². The Labute approximate surface area is 175 Å². The van der Waals surface area contributed by atoms with Crippen molar-refractivity contribution in [1.29, 1.82) is 0 Å². The van der Waals surface area contributed by atoms with Crippen LogP contribution in [0.3, 0.4) is 0 Å². The molecule has 2 aliphatic heterocycles. The number of hydrogen-bond donors (Lipinski definition) is 1. The summed E-state index contributed by atoms with van der Waals surface area (Å²) >= 11 is 0. The molecule has 2 aromatic rings. The summed E-state index contributed by atoms with van der Waals surface area (Å²) in [7, 11) is -3.55. The van der Waals surface area contributed by atoms with E-state index in [-0.39, 0.29) is 36.3 Å². The summed E-state index contributed by atoms with van der Waals surface area (Å²) in [4.78, 5) is 26.4. The smallest absolute Gasteiger partial charge is 0.265 e. The summed E-state index contributed by atoms with van der Waals surface area (Å²) in [5, 5.41) is 2.73. The zero-order chi connectivity index (χ0) is 21.1. The molecule has 4 rings (SSSR count). The number of amides is 2. The molecule has 2 aromatic carbocycles. The van der Waals surface area contributed by atoms with E-state index in [1.165, 1.54) is 21.3 Å². The minimum absolute atomic E-state index is 0.0605. The molecule has 0 aliphatic carbocycles. The molecule has 158 valence electrons. The molecular weight excluding hydrogens is 406 g/mol. The summed E-state index contributed by atoms with van der Waals surface area (Å²) in [6, 6.07) is 13.4. The summed E-state index contributed by atoms with van der Waals surface area (Å²) in [6.07, 6.45) is 1.79. The number of hydrogen-bond acceptors (Lipinski definition) is 5. The lowest BCUT2D eigenvalue weighted by atomic mass is 10.2. The predicted octanol–water partition coefficient (Wildman–Crippen LogP) is 2.23. The molecule has 9 heteroatoms. The first-order chi connectivity index (χ1) is 14.4. The maximum atomic E-state index is 12.7. The molecule has 1 N–H and O–H groups in total. The van der Waals surface area contributed by atoms with Crippen LogP contribution in [-0.2, 0) is 19.6 Å². The first-order valence-corrected chi connectivity index (χ1v) is 11.3.